The van der Waals surface area contributed by atoms with Gasteiger partial charge in [-0.1, -0.05) is 24.3 Å². The number of rotatable bonds is 2. The average molecular weight is 291 g/mol. The Bertz CT molecular complexity index is 503. The molecule has 5 heteroatoms. The van der Waals surface area contributed by atoms with Crippen LogP contribution in [0.3, 0.4) is 0 Å². The van der Waals surface area contributed by atoms with E-state index in [9.17, 15) is 5.11 Å². The number of benzene rings is 1. The molecular formula is C16H21NO4. The van der Waals surface area contributed by atoms with Crippen LogP contribution >= 0.6 is 0 Å². The standard InChI is InChI=1S/C16H21NO4/c18-16(7-11-9-19-10-12(8-16)17-11)14-4-2-1-3-13(14)15-20-5-6-21-15/h1-4,11-12,15,17-18H,5-10H2. The maximum absolute atomic E-state index is 11.3. The van der Waals surface area contributed by atoms with E-state index in [1.54, 1.807) is 0 Å². The highest BCUT2D eigenvalue weighted by molar-refractivity contribution is 5.35. The number of ether oxygens (including phenoxy) is 3. The van der Waals surface area contributed by atoms with Crippen LogP contribution in [0.5, 0.6) is 0 Å². The van der Waals surface area contributed by atoms with Crippen LogP contribution in [0.2, 0.25) is 0 Å². The molecule has 3 aliphatic rings. The minimum Gasteiger partial charge on any atom is -0.385 e. The summed E-state index contributed by atoms with van der Waals surface area (Å²) in [5, 5.41) is 14.8. The first kappa shape index (κ1) is 13.7. The molecular weight excluding hydrogens is 270 g/mol. The van der Waals surface area contributed by atoms with Crippen molar-refractivity contribution in [3.8, 4) is 0 Å². The predicted molar refractivity (Wildman–Crippen MR) is 75.7 cm³/mol. The van der Waals surface area contributed by atoms with E-state index in [-0.39, 0.29) is 18.4 Å². The van der Waals surface area contributed by atoms with E-state index < -0.39 is 5.60 Å². The van der Waals surface area contributed by atoms with Gasteiger partial charge >= 0.3 is 0 Å². The summed E-state index contributed by atoms with van der Waals surface area (Å²) < 4.78 is 16.8. The molecule has 3 fully saturated rings. The molecule has 0 amide bonds. The maximum Gasteiger partial charge on any atom is 0.184 e. The number of morpholine rings is 1. The summed E-state index contributed by atoms with van der Waals surface area (Å²) in [6.07, 6.45) is 0.969. The van der Waals surface area contributed by atoms with Crippen molar-refractivity contribution >= 4 is 0 Å². The molecule has 0 radical (unpaired) electrons. The van der Waals surface area contributed by atoms with Crippen molar-refractivity contribution in [1.82, 2.24) is 5.32 Å². The van der Waals surface area contributed by atoms with Gasteiger partial charge in [0.25, 0.3) is 0 Å². The van der Waals surface area contributed by atoms with Gasteiger partial charge in [-0.3, -0.25) is 0 Å². The lowest BCUT2D eigenvalue weighted by Gasteiger charge is -2.45. The van der Waals surface area contributed by atoms with E-state index in [0.717, 1.165) is 11.1 Å². The van der Waals surface area contributed by atoms with Gasteiger partial charge in [0.2, 0.25) is 0 Å². The molecule has 1 aromatic rings. The van der Waals surface area contributed by atoms with Crippen LogP contribution in [0.25, 0.3) is 0 Å². The number of piperidine rings is 1. The Morgan fingerprint density at radius 2 is 1.71 bits per heavy atom. The molecule has 5 nitrogen and oxygen atoms in total. The quantitative estimate of drug-likeness (QED) is 0.853. The molecule has 3 saturated heterocycles. The zero-order valence-electron chi connectivity index (χ0n) is 12.0. The number of hydrogen-bond acceptors (Lipinski definition) is 5. The van der Waals surface area contributed by atoms with Crippen LogP contribution in [0.15, 0.2) is 24.3 Å². The van der Waals surface area contributed by atoms with Crippen molar-refractivity contribution in [3.63, 3.8) is 0 Å². The molecule has 2 N–H and O–H groups in total. The molecule has 2 unspecified atom stereocenters. The Morgan fingerprint density at radius 3 is 2.43 bits per heavy atom. The van der Waals surface area contributed by atoms with Gasteiger partial charge < -0.3 is 24.6 Å². The van der Waals surface area contributed by atoms with Crippen molar-refractivity contribution in [2.45, 2.75) is 36.8 Å². The predicted octanol–water partition coefficient (Wildman–Crippen LogP) is 1.07. The Morgan fingerprint density at radius 1 is 1.05 bits per heavy atom. The van der Waals surface area contributed by atoms with Crippen LogP contribution in [0.4, 0.5) is 0 Å². The molecule has 3 heterocycles. The number of hydrogen-bond donors (Lipinski definition) is 2. The van der Waals surface area contributed by atoms with Gasteiger partial charge in [-0.2, -0.15) is 0 Å². The zero-order chi connectivity index (χ0) is 14.3. The lowest BCUT2D eigenvalue weighted by molar-refractivity contribution is -0.0866. The Kier molecular flexibility index (Phi) is 3.47. The lowest BCUT2D eigenvalue weighted by Crippen LogP contribution is -2.58. The Hall–Kier alpha value is -0.980. The highest BCUT2D eigenvalue weighted by Gasteiger charge is 2.44. The minimum absolute atomic E-state index is 0.209. The fourth-order valence-corrected chi connectivity index (χ4v) is 3.80. The van der Waals surface area contributed by atoms with Crippen molar-refractivity contribution in [1.29, 1.82) is 0 Å². The Labute approximate surface area is 124 Å². The molecule has 2 atom stereocenters. The molecule has 3 aliphatic heterocycles. The molecule has 114 valence electrons. The zero-order valence-corrected chi connectivity index (χ0v) is 12.0. The summed E-state index contributed by atoms with van der Waals surface area (Å²) in [5.74, 6) is 0. The highest BCUT2D eigenvalue weighted by Crippen LogP contribution is 2.41. The summed E-state index contributed by atoms with van der Waals surface area (Å²) in [6.45, 7) is 2.55. The minimum atomic E-state index is -0.837. The van der Waals surface area contributed by atoms with Gasteiger partial charge in [0.1, 0.15) is 0 Å². The van der Waals surface area contributed by atoms with E-state index >= 15 is 0 Å². The van der Waals surface area contributed by atoms with Crippen molar-refractivity contribution < 1.29 is 19.3 Å². The molecule has 0 aromatic heterocycles. The first-order valence-corrected chi connectivity index (χ1v) is 7.63. The molecule has 2 bridgehead atoms. The molecule has 0 aliphatic carbocycles. The molecule has 21 heavy (non-hydrogen) atoms. The smallest absolute Gasteiger partial charge is 0.184 e. The van der Waals surface area contributed by atoms with Crippen molar-refractivity contribution in [3.05, 3.63) is 35.4 Å². The second-order valence-corrected chi connectivity index (χ2v) is 6.20. The number of nitrogens with one attached hydrogen (secondary N) is 1. The van der Waals surface area contributed by atoms with Gasteiger partial charge in [0, 0.05) is 17.6 Å². The monoisotopic (exact) mass is 291 g/mol. The average Bonchev–Trinajstić information content (AvgIpc) is 3.01. The second kappa shape index (κ2) is 5.34. The third kappa shape index (κ3) is 2.49. The first-order valence-electron chi connectivity index (χ1n) is 7.63. The summed E-state index contributed by atoms with van der Waals surface area (Å²) in [5.41, 5.74) is 1.06. The van der Waals surface area contributed by atoms with E-state index in [4.69, 9.17) is 14.2 Å². The summed E-state index contributed by atoms with van der Waals surface area (Å²) in [6, 6.07) is 8.36. The lowest BCUT2D eigenvalue weighted by atomic mass is 9.76. The summed E-state index contributed by atoms with van der Waals surface area (Å²) in [4.78, 5) is 0. The van der Waals surface area contributed by atoms with Gasteiger partial charge in [0.05, 0.1) is 32.0 Å². The van der Waals surface area contributed by atoms with Crippen LogP contribution in [0.1, 0.15) is 30.3 Å². The van der Waals surface area contributed by atoms with E-state index in [0.29, 0.717) is 39.3 Å². The fraction of sp³-hybridized carbons (Fsp3) is 0.625. The molecule has 4 rings (SSSR count). The topological polar surface area (TPSA) is 60.0 Å². The van der Waals surface area contributed by atoms with Gasteiger partial charge in [-0.25, -0.2) is 0 Å². The van der Waals surface area contributed by atoms with Crippen LogP contribution in [0, 0.1) is 0 Å². The van der Waals surface area contributed by atoms with E-state index in [2.05, 4.69) is 5.32 Å². The molecule has 0 spiro atoms. The van der Waals surface area contributed by atoms with Crippen LogP contribution < -0.4 is 5.32 Å². The molecule has 0 saturated carbocycles. The van der Waals surface area contributed by atoms with Crippen LogP contribution in [-0.2, 0) is 19.8 Å². The third-order valence-corrected chi connectivity index (χ3v) is 4.62. The Balaban J connectivity index is 1.68. The molecule has 1 aromatic carbocycles. The van der Waals surface area contributed by atoms with E-state index in [1.165, 1.54) is 0 Å². The van der Waals surface area contributed by atoms with Crippen molar-refractivity contribution in [2.24, 2.45) is 0 Å². The third-order valence-electron chi connectivity index (χ3n) is 4.62. The van der Waals surface area contributed by atoms with Gasteiger partial charge in [-0.15, -0.1) is 0 Å². The summed E-state index contributed by atoms with van der Waals surface area (Å²) >= 11 is 0. The highest BCUT2D eigenvalue weighted by atomic mass is 16.7. The van der Waals surface area contributed by atoms with Gasteiger partial charge in [0.15, 0.2) is 6.29 Å². The van der Waals surface area contributed by atoms with Gasteiger partial charge in [-0.05, 0) is 18.4 Å². The largest absolute Gasteiger partial charge is 0.385 e. The SMILES string of the molecule is OC1(c2ccccc2C2OCCO2)CC2COCC(C1)N2. The van der Waals surface area contributed by atoms with Crippen LogP contribution in [-0.4, -0.2) is 43.6 Å². The number of fused-ring (bicyclic) bond motifs is 2. The van der Waals surface area contributed by atoms with Crippen molar-refractivity contribution in [2.75, 3.05) is 26.4 Å². The second-order valence-electron chi connectivity index (χ2n) is 6.20. The fourth-order valence-electron chi connectivity index (χ4n) is 3.80. The summed E-state index contributed by atoms with van der Waals surface area (Å²) in [7, 11) is 0. The van der Waals surface area contributed by atoms with E-state index in [1.807, 2.05) is 24.3 Å². The number of aliphatic hydroxyl groups is 1. The first-order chi connectivity index (χ1) is 10.2. The normalized spacial score (nSPS) is 36.8. The maximum atomic E-state index is 11.3.